The number of benzene rings is 2. The zero-order chi connectivity index (χ0) is 20.7. The summed E-state index contributed by atoms with van der Waals surface area (Å²) in [5.41, 5.74) is 5.69. The van der Waals surface area contributed by atoms with Gasteiger partial charge >= 0.3 is 0 Å². The summed E-state index contributed by atoms with van der Waals surface area (Å²) in [6.45, 7) is 1.84. The first-order valence-electron chi connectivity index (χ1n) is 9.34. The molecule has 0 atom stereocenters. The van der Waals surface area contributed by atoms with Gasteiger partial charge in [-0.2, -0.15) is 0 Å². The van der Waals surface area contributed by atoms with Crippen LogP contribution in [0.25, 0.3) is 44.6 Å². The molecule has 5 aromatic rings. The van der Waals surface area contributed by atoms with Gasteiger partial charge in [0.25, 0.3) is 5.71 Å². The molecule has 6 heteroatoms. The molecular weight excluding hydrogens is 384 g/mol. The van der Waals surface area contributed by atoms with Gasteiger partial charge in [-0.3, -0.25) is 4.98 Å². The van der Waals surface area contributed by atoms with Gasteiger partial charge in [0.2, 0.25) is 0 Å². The van der Waals surface area contributed by atoms with E-state index in [-0.39, 0.29) is 11.6 Å². The number of rotatable bonds is 3. The molecule has 0 saturated carbocycles. The molecular formula is C24H15F2N3O. The SMILES string of the molecule is Cc1noc2nc(-c3ccc(F)cc3)c(-c3ccncc3)c(-c3ccc(F)cc3)c12. The molecule has 4 nitrogen and oxygen atoms in total. The van der Waals surface area contributed by atoms with Gasteiger partial charge < -0.3 is 4.52 Å². The van der Waals surface area contributed by atoms with Crippen LogP contribution in [-0.4, -0.2) is 15.1 Å². The molecule has 3 heterocycles. The smallest absolute Gasteiger partial charge is 0.259 e. The van der Waals surface area contributed by atoms with E-state index >= 15 is 0 Å². The van der Waals surface area contributed by atoms with Crippen LogP contribution in [0.3, 0.4) is 0 Å². The van der Waals surface area contributed by atoms with E-state index in [9.17, 15) is 8.78 Å². The lowest BCUT2D eigenvalue weighted by Crippen LogP contribution is -1.96. The van der Waals surface area contributed by atoms with E-state index in [1.807, 2.05) is 19.1 Å². The average Bonchev–Trinajstić information content (AvgIpc) is 3.15. The molecule has 0 aliphatic heterocycles. The van der Waals surface area contributed by atoms with E-state index in [1.165, 1.54) is 24.3 Å². The molecule has 0 radical (unpaired) electrons. The fraction of sp³-hybridized carbons (Fsp3) is 0.0417. The summed E-state index contributed by atoms with van der Waals surface area (Å²) in [6.07, 6.45) is 3.39. The summed E-state index contributed by atoms with van der Waals surface area (Å²) in [6, 6.07) is 16.2. The predicted octanol–water partition coefficient (Wildman–Crippen LogP) is 6.21. The Morgan fingerprint density at radius 1 is 0.700 bits per heavy atom. The molecule has 0 aliphatic rings. The van der Waals surface area contributed by atoms with Crippen molar-refractivity contribution in [2.45, 2.75) is 6.92 Å². The van der Waals surface area contributed by atoms with Crippen LogP contribution >= 0.6 is 0 Å². The standard InChI is InChI=1S/C24H15F2N3O/c1-14-20-21(15-2-6-18(25)7-3-15)22(16-10-12-27-13-11-16)23(28-24(20)30-29-14)17-4-8-19(26)9-5-17/h2-13H,1H3. The molecule has 0 saturated heterocycles. The van der Waals surface area contributed by atoms with E-state index in [1.54, 1.807) is 36.7 Å². The number of halogens is 2. The molecule has 0 N–H and O–H groups in total. The number of fused-ring (bicyclic) bond motifs is 1. The molecule has 0 fully saturated rings. The molecule has 2 aromatic carbocycles. The van der Waals surface area contributed by atoms with Crippen LogP contribution < -0.4 is 0 Å². The van der Waals surface area contributed by atoms with Crippen molar-refractivity contribution in [2.75, 3.05) is 0 Å². The minimum absolute atomic E-state index is 0.324. The van der Waals surface area contributed by atoms with E-state index in [2.05, 4.69) is 10.1 Å². The average molecular weight is 399 g/mol. The zero-order valence-electron chi connectivity index (χ0n) is 15.9. The maximum absolute atomic E-state index is 13.7. The van der Waals surface area contributed by atoms with Gasteiger partial charge in [-0.1, -0.05) is 17.3 Å². The number of pyridine rings is 2. The van der Waals surface area contributed by atoms with Crippen molar-refractivity contribution >= 4 is 11.1 Å². The fourth-order valence-corrected chi connectivity index (χ4v) is 3.64. The van der Waals surface area contributed by atoms with E-state index in [0.29, 0.717) is 17.1 Å². The molecule has 0 unspecified atom stereocenters. The van der Waals surface area contributed by atoms with Crippen molar-refractivity contribution in [3.05, 3.63) is 90.4 Å². The highest BCUT2D eigenvalue weighted by atomic mass is 19.1. The summed E-state index contributed by atoms with van der Waals surface area (Å²) in [7, 11) is 0. The van der Waals surface area contributed by atoms with Gasteiger partial charge in [0.15, 0.2) is 0 Å². The van der Waals surface area contributed by atoms with Crippen molar-refractivity contribution in [2.24, 2.45) is 0 Å². The molecule has 0 amide bonds. The Balaban J connectivity index is 1.95. The van der Waals surface area contributed by atoms with Crippen LogP contribution in [0.4, 0.5) is 8.78 Å². The van der Waals surface area contributed by atoms with Gasteiger partial charge in [-0.25, -0.2) is 13.8 Å². The lowest BCUT2D eigenvalue weighted by atomic mass is 9.89. The lowest BCUT2D eigenvalue weighted by Gasteiger charge is -2.16. The van der Waals surface area contributed by atoms with Gasteiger partial charge in [-0.15, -0.1) is 0 Å². The number of nitrogens with zero attached hydrogens (tertiary/aromatic N) is 3. The quantitative estimate of drug-likeness (QED) is 0.362. The Kier molecular flexibility index (Phi) is 4.32. The first kappa shape index (κ1) is 18.1. The van der Waals surface area contributed by atoms with Crippen molar-refractivity contribution < 1.29 is 13.3 Å². The van der Waals surface area contributed by atoms with Crippen LogP contribution in [0.2, 0.25) is 0 Å². The first-order valence-corrected chi connectivity index (χ1v) is 9.34. The highest BCUT2D eigenvalue weighted by Crippen LogP contribution is 2.44. The minimum Gasteiger partial charge on any atom is -0.336 e. The third-order valence-corrected chi connectivity index (χ3v) is 5.01. The number of hydrogen-bond donors (Lipinski definition) is 0. The monoisotopic (exact) mass is 399 g/mol. The second kappa shape index (κ2) is 7.15. The Bertz CT molecular complexity index is 1350. The van der Waals surface area contributed by atoms with Gasteiger partial charge in [0.1, 0.15) is 11.6 Å². The van der Waals surface area contributed by atoms with E-state index in [4.69, 9.17) is 9.51 Å². The maximum Gasteiger partial charge on any atom is 0.259 e. The molecule has 3 aromatic heterocycles. The van der Waals surface area contributed by atoms with Gasteiger partial charge in [-0.05, 0) is 66.6 Å². The van der Waals surface area contributed by atoms with Crippen molar-refractivity contribution in [1.82, 2.24) is 15.1 Å². The van der Waals surface area contributed by atoms with Crippen LogP contribution in [0.15, 0.2) is 77.6 Å². The Labute approximate surface area is 170 Å². The summed E-state index contributed by atoms with van der Waals surface area (Å²) in [5.74, 6) is -0.658. The summed E-state index contributed by atoms with van der Waals surface area (Å²) < 4.78 is 32.7. The van der Waals surface area contributed by atoms with Crippen molar-refractivity contribution in [3.8, 4) is 33.5 Å². The van der Waals surface area contributed by atoms with Crippen LogP contribution in [0.1, 0.15) is 5.69 Å². The normalized spacial score (nSPS) is 11.2. The Hall–Kier alpha value is -3.93. The number of aryl methyl sites for hydroxylation is 1. The summed E-state index contributed by atoms with van der Waals surface area (Å²) >= 11 is 0. The molecule has 0 spiro atoms. The Morgan fingerprint density at radius 3 is 1.90 bits per heavy atom. The van der Waals surface area contributed by atoms with Crippen LogP contribution in [0.5, 0.6) is 0 Å². The van der Waals surface area contributed by atoms with Crippen molar-refractivity contribution in [3.63, 3.8) is 0 Å². The lowest BCUT2D eigenvalue weighted by molar-refractivity contribution is 0.443. The first-order chi connectivity index (χ1) is 14.6. The Morgan fingerprint density at radius 2 is 1.27 bits per heavy atom. The highest BCUT2D eigenvalue weighted by Gasteiger charge is 2.23. The molecule has 0 aliphatic carbocycles. The largest absolute Gasteiger partial charge is 0.336 e. The molecule has 5 rings (SSSR count). The second-order valence-electron chi connectivity index (χ2n) is 6.91. The van der Waals surface area contributed by atoms with Crippen LogP contribution in [-0.2, 0) is 0 Å². The topological polar surface area (TPSA) is 51.8 Å². The van der Waals surface area contributed by atoms with Crippen molar-refractivity contribution in [1.29, 1.82) is 0 Å². The fourth-order valence-electron chi connectivity index (χ4n) is 3.64. The zero-order valence-corrected chi connectivity index (χ0v) is 15.9. The molecule has 0 bridgehead atoms. The van der Waals surface area contributed by atoms with Gasteiger partial charge in [0.05, 0.1) is 16.8 Å². The van der Waals surface area contributed by atoms with Gasteiger partial charge in [0, 0.05) is 29.1 Å². The molecule has 30 heavy (non-hydrogen) atoms. The third-order valence-electron chi connectivity index (χ3n) is 5.01. The maximum atomic E-state index is 13.7. The second-order valence-corrected chi connectivity index (χ2v) is 6.91. The summed E-state index contributed by atoms with van der Waals surface area (Å²) in [5, 5.41) is 4.85. The highest BCUT2D eigenvalue weighted by molar-refractivity contribution is 6.06. The number of hydrogen-bond acceptors (Lipinski definition) is 4. The van der Waals surface area contributed by atoms with E-state index < -0.39 is 0 Å². The summed E-state index contributed by atoms with van der Waals surface area (Å²) in [4.78, 5) is 8.85. The molecule has 146 valence electrons. The minimum atomic E-state index is -0.334. The van der Waals surface area contributed by atoms with E-state index in [0.717, 1.165) is 33.2 Å². The third kappa shape index (κ3) is 3.03. The number of aromatic nitrogens is 3. The predicted molar refractivity (Wildman–Crippen MR) is 111 cm³/mol. The van der Waals surface area contributed by atoms with Crippen LogP contribution in [0, 0.1) is 18.6 Å².